The summed E-state index contributed by atoms with van der Waals surface area (Å²) >= 11 is 1.54. The number of benzene rings is 2. The SMILES string of the molecule is CCn1c(NNC(=O)c2ccccc2SCc2c(C)noc2C)nc2ccccc2c1=O. The molecule has 0 aliphatic rings. The molecule has 1 amide bonds. The third-order valence-electron chi connectivity index (χ3n) is 5.15. The summed E-state index contributed by atoms with van der Waals surface area (Å²) in [5.74, 6) is 1.38. The molecule has 164 valence electrons. The largest absolute Gasteiger partial charge is 0.361 e. The van der Waals surface area contributed by atoms with E-state index in [4.69, 9.17) is 4.52 Å². The van der Waals surface area contributed by atoms with Crippen molar-refractivity contribution in [2.45, 2.75) is 38.0 Å². The number of hydrogen-bond donors (Lipinski definition) is 2. The third kappa shape index (κ3) is 4.24. The molecule has 2 N–H and O–H groups in total. The first-order chi connectivity index (χ1) is 15.5. The van der Waals surface area contributed by atoms with E-state index in [1.165, 1.54) is 16.3 Å². The predicted octanol–water partition coefficient (Wildman–Crippen LogP) is 4.07. The molecule has 0 aliphatic carbocycles. The lowest BCUT2D eigenvalue weighted by Crippen LogP contribution is -2.34. The molecule has 0 unspecified atom stereocenters. The Kier molecular flexibility index (Phi) is 6.27. The molecular formula is C23H23N5O3S. The summed E-state index contributed by atoms with van der Waals surface area (Å²) in [4.78, 5) is 31.0. The van der Waals surface area contributed by atoms with Gasteiger partial charge in [0.1, 0.15) is 5.76 Å². The number of carbonyl (C=O) groups excluding carboxylic acids is 1. The van der Waals surface area contributed by atoms with E-state index in [1.807, 2.05) is 45.0 Å². The van der Waals surface area contributed by atoms with Crippen molar-refractivity contribution in [1.29, 1.82) is 0 Å². The summed E-state index contributed by atoms with van der Waals surface area (Å²) in [5, 5.41) is 4.52. The Morgan fingerprint density at radius 2 is 1.88 bits per heavy atom. The van der Waals surface area contributed by atoms with E-state index >= 15 is 0 Å². The van der Waals surface area contributed by atoms with Crippen LogP contribution in [-0.2, 0) is 12.3 Å². The third-order valence-corrected chi connectivity index (χ3v) is 6.25. The number of anilines is 1. The van der Waals surface area contributed by atoms with E-state index in [0.29, 0.717) is 28.8 Å². The fourth-order valence-electron chi connectivity index (χ4n) is 3.37. The Bertz CT molecular complexity index is 1330. The van der Waals surface area contributed by atoms with Gasteiger partial charge in [-0.15, -0.1) is 11.8 Å². The normalized spacial score (nSPS) is 11.0. The molecule has 0 aliphatic heterocycles. The van der Waals surface area contributed by atoms with E-state index < -0.39 is 0 Å². The van der Waals surface area contributed by atoms with Crippen LogP contribution in [0.1, 0.15) is 34.3 Å². The molecule has 32 heavy (non-hydrogen) atoms. The van der Waals surface area contributed by atoms with E-state index in [1.54, 1.807) is 24.3 Å². The molecule has 0 spiro atoms. The van der Waals surface area contributed by atoms with Crippen LogP contribution in [0.3, 0.4) is 0 Å². The standard InChI is InChI=1S/C23H23N5O3S/c1-4-28-22(30)16-9-5-7-11-19(16)24-23(28)26-25-21(29)17-10-6-8-12-20(17)32-13-18-14(2)27-31-15(18)3/h5-12H,4,13H2,1-3H3,(H,24,26)(H,25,29). The minimum Gasteiger partial charge on any atom is -0.361 e. The number of nitrogens with zero attached hydrogens (tertiary/aromatic N) is 3. The summed E-state index contributed by atoms with van der Waals surface area (Å²) in [7, 11) is 0. The Hall–Kier alpha value is -3.59. The van der Waals surface area contributed by atoms with Gasteiger partial charge in [-0.1, -0.05) is 29.4 Å². The highest BCUT2D eigenvalue weighted by molar-refractivity contribution is 7.98. The molecule has 2 aromatic carbocycles. The Balaban J connectivity index is 1.54. The van der Waals surface area contributed by atoms with Gasteiger partial charge in [-0.3, -0.25) is 25.0 Å². The maximum absolute atomic E-state index is 12.9. The molecule has 2 aromatic heterocycles. The Labute approximate surface area is 189 Å². The number of fused-ring (bicyclic) bond motifs is 1. The van der Waals surface area contributed by atoms with E-state index in [2.05, 4.69) is 21.0 Å². The first-order valence-electron chi connectivity index (χ1n) is 10.2. The van der Waals surface area contributed by atoms with Crippen LogP contribution in [-0.4, -0.2) is 20.6 Å². The summed E-state index contributed by atoms with van der Waals surface area (Å²) in [5.41, 5.74) is 8.30. The molecule has 0 radical (unpaired) electrons. The van der Waals surface area contributed by atoms with Crippen LogP contribution in [0.5, 0.6) is 0 Å². The van der Waals surface area contributed by atoms with Crippen molar-refractivity contribution in [2.24, 2.45) is 0 Å². The predicted molar refractivity (Wildman–Crippen MR) is 125 cm³/mol. The highest BCUT2D eigenvalue weighted by atomic mass is 32.2. The average Bonchev–Trinajstić information content (AvgIpc) is 3.13. The second-order valence-electron chi connectivity index (χ2n) is 7.17. The van der Waals surface area contributed by atoms with Gasteiger partial charge >= 0.3 is 0 Å². The summed E-state index contributed by atoms with van der Waals surface area (Å²) in [6, 6.07) is 14.5. The molecule has 4 aromatic rings. The second-order valence-corrected chi connectivity index (χ2v) is 8.19. The zero-order chi connectivity index (χ0) is 22.7. The fraction of sp³-hybridized carbons (Fsp3) is 0.217. The molecule has 0 bridgehead atoms. The quantitative estimate of drug-likeness (QED) is 0.324. The van der Waals surface area contributed by atoms with Crippen molar-refractivity contribution >= 4 is 34.5 Å². The van der Waals surface area contributed by atoms with Crippen LogP contribution >= 0.6 is 11.8 Å². The van der Waals surface area contributed by atoms with Crippen molar-refractivity contribution < 1.29 is 9.32 Å². The Morgan fingerprint density at radius 1 is 1.12 bits per heavy atom. The number of aromatic nitrogens is 3. The molecule has 2 heterocycles. The Morgan fingerprint density at radius 3 is 2.62 bits per heavy atom. The number of thioether (sulfide) groups is 1. The van der Waals surface area contributed by atoms with Gasteiger partial charge in [0.2, 0.25) is 5.95 Å². The van der Waals surface area contributed by atoms with Gasteiger partial charge in [-0.2, -0.15) is 0 Å². The zero-order valence-corrected chi connectivity index (χ0v) is 18.8. The van der Waals surface area contributed by atoms with Crippen LogP contribution in [0, 0.1) is 13.8 Å². The molecule has 4 rings (SSSR count). The molecule has 0 saturated heterocycles. The smallest absolute Gasteiger partial charge is 0.270 e. The average molecular weight is 450 g/mol. The fourth-order valence-corrected chi connectivity index (χ4v) is 4.58. The first-order valence-corrected chi connectivity index (χ1v) is 11.2. The second kappa shape index (κ2) is 9.27. The van der Waals surface area contributed by atoms with Crippen molar-refractivity contribution in [3.63, 3.8) is 0 Å². The van der Waals surface area contributed by atoms with Crippen LogP contribution in [0.15, 0.2) is 62.7 Å². The van der Waals surface area contributed by atoms with Gasteiger partial charge in [0.25, 0.3) is 11.5 Å². The number of amides is 1. The number of hydrogen-bond acceptors (Lipinski definition) is 7. The number of para-hydroxylation sites is 1. The van der Waals surface area contributed by atoms with Crippen molar-refractivity contribution in [1.82, 2.24) is 20.1 Å². The lowest BCUT2D eigenvalue weighted by molar-refractivity contribution is 0.0959. The lowest BCUT2D eigenvalue weighted by Gasteiger charge is -2.15. The van der Waals surface area contributed by atoms with E-state index in [-0.39, 0.29) is 17.4 Å². The maximum Gasteiger partial charge on any atom is 0.270 e. The molecule has 0 saturated carbocycles. The molecule has 8 nitrogen and oxygen atoms in total. The van der Waals surface area contributed by atoms with Crippen LogP contribution in [0.25, 0.3) is 10.9 Å². The highest BCUT2D eigenvalue weighted by Crippen LogP contribution is 2.28. The monoisotopic (exact) mass is 449 g/mol. The topological polar surface area (TPSA) is 102 Å². The van der Waals surface area contributed by atoms with Crippen LogP contribution in [0.4, 0.5) is 5.95 Å². The van der Waals surface area contributed by atoms with Gasteiger partial charge in [0.15, 0.2) is 0 Å². The van der Waals surface area contributed by atoms with Crippen LogP contribution in [0.2, 0.25) is 0 Å². The highest BCUT2D eigenvalue weighted by Gasteiger charge is 2.16. The number of aryl methyl sites for hydroxylation is 2. The summed E-state index contributed by atoms with van der Waals surface area (Å²) < 4.78 is 6.71. The minimum atomic E-state index is -0.322. The van der Waals surface area contributed by atoms with Crippen molar-refractivity contribution in [3.8, 4) is 0 Å². The molecular weight excluding hydrogens is 426 g/mol. The van der Waals surface area contributed by atoms with Crippen LogP contribution < -0.4 is 16.4 Å². The first kappa shape index (κ1) is 21.6. The summed E-state index contributed by atoms with van der Waals surface area (Å²) in [6.07, 6.45) is 0. The van der Waals surface area contributed by atoms with E-state index in [0.717, 1.165) is 21.9 Å². The molecule has 0 fully saturated rings. The maximum atomic E-state index is 12.9. The molecule has 9 heteroatoms. The van der Waals surface area contributed by atoms with E-state index in [9.17, 15) is 9.59 Å². The number of rotatable bonds is 7. The van der Waals surface area contributed by atoms with Gasteiger partial charge in [0.05, 0.1) is 22.2 Å². The van der Waals surface area contributed by atoms with Gasteiger partial charge < -0.3 is 4.52 Å². The minimum absolute atomic E-state index is 0.162. The summed E-state index contributed by atoms with van der Waals surface area (Å²) in [6.45, 7) is 6.05. The van der Waals surface area contributed by atoms with Gasteiger partial charge in [-0.05, 0) is 45.0 Å². The lowest BCUT2D eigenvalue weighted by atomic mass is 10.2. The number of nitrogens with one attached hydrogen (secondary N) is 2. The molecule has 0 atom stereocenters. The zero-order valence-electron chi connectivity index (χ0n) is 18.0. The van der Waals surface area contributed by atoms with Gasteiger partial charge in [0, 0.05) is 22.8 Å². The van der Waals surface area contributed by atoms with Crippen molar-refractivity contribution in [2.75, 3.05) is 5.43 Å². The van der Waals surface area contributed by atoms with Gasteiger partial charge in [-0.25, -0.2) is 4.98 Å². The van der Waals surface area contributed by atoms with Crippen molar-refractivity contribution in [3.05, 3.63) is 81.5 Å². The number of hydrazine groups is 1. The number of carbonyl (C=O) groups is 1.